The smallest absolute Gasteiger partial charge is 0.433 e. The van der Waals surface area contributed by atoms with Crippen LogP contribution in [0.15, 0.2) is 24.4 Å². The largest absolute Gasteiger partial charge is 0.493 e. The number of rotatable bonds is 4. The summed E-state index contributed by atoms with van der Waals surface area (Å²) in [6.45, 7) is 6.20. The van der Waals surface area contributed by atoms with Crippen LogP contribution in [0.1, 0.15) is 33.5 Å². The van der Waals surface area contributed by atoms with Gasteiger partial charge in [0.15, 0.2) is 11.5 Å². The number of amides is 1. The van der Waals surface area contributed by atoms with Crippen molar-refractivity contribution in [2.75, 3.05) is 20.8 Å². The predicted molar refractivity (Wildman–Crippen MR) is 112 cm³/mol. The lowest BCUT2D eigenvalue weighted by atomic mass is 9.91. The second-order valence-corrected chi connectivity index (χ2v) is 6.91. The monoisotopic (exact) mass is 437 g/mol. The molecule has 0 fully saturated rings. The molecule has 1 amide bonds. The Labute approximate surface area is 179 Å². The highest BCUT2D eigenvalue weighted by Gasteiger charge is 2.31. The quantitative estimate of drug-likeness (QED) is 0.715. The van der Waals surface area contributed by atoms with Gasteiger partial charge in [-0.2, -0.15) is 13.2 Å². The van der Waals surface area contributed by atoms with Gasteiger partial charge in [-0.05, 0) is 66.8 Å². The summed E-state index contributed by atoms with van der Waals surface area (Å²) in [6, 6.07) is 2.04. The van der Waals surface area contributed by atoms with E-state index in [4.69, 9.17) is 15.2 Å². The summed E-state index contributed by atoms with van der Waals surface area (Å²) in [6.07, 6.45) is -0.0314. The van der Waals surface area contributed by atoms with Crippen LogP contribution in [0.2, 0.25) is 0 Å². The molecule has 3 N–H and O–H groups in total. The highest BCUT2D eigenvalue weighted by molar-refractivity contribution is 5.90. The molecule has 168 valence electrons. The van der Waals surface area contributed by atoms with Crippen molar-refractivity contribution in [2.24, 2.45) is 5.73 Å². The molecule has 0 saturated heterocycles. The molecule has 0 radical (unpaired) electrons. The van der Waals surface area contributed by atoms with Gasteiger partial charge >= 0.3 is 6.18 Å². The number of hydrogen-bond donors (Lipinski definition) is 2. The molecule has 1 aliphatic heterocycles. The maximum atomic E-state index is 12.1. The Bertz CT molecular complexity index is 899. The fraction of sp³-hybridized carbons (Fsp3) is 0.364. The van der Waals surface area contributed by atoms with E-state index in [9.17, 15) is 18.0 Å². The van der Waals surface area contributed by atoms with Crippen molar-refractivity contribution < 1.29 is 27.4 Å². The van der Waals surface area contributed by atoms with Crippen molar-refractivity contribution in [2.45, 2.75) is 33.0 Å². The molecule has 0 saturated carbocycles. The molecule has 0 unspecified atom stereocenters. The topological polar surface area (TPSA) is 86.5 Å². The number of halogens is 3. The second kappa shape index (κ2) is 10.3. The SMILES string of the molecule is COc1c(C)c2c(c(C)c1OC)CNCC2.NC(=O)/C=C/c1ccc(C(F)(F)F)nc1. The Morgan fingerprint density at radius 3 is 2.23 bits per heavy atom. The maximum absolute atomic E-state index is 12.1. The number of hydrogen-bond acceptors (Lipinski definition) is 5. The first-order valence-corrected chi connectivity index (χ1v) is 9.54. The number of carbonyl (C=O) groups is 1. The Morgan fingerprint density at radius 1 is 1.13 bits per heavy atom. The van der Waals surface area contributed by atoms with Crippen molar-refractivity contribution in [1.29, 1.82) is 0 Å². The Balaban J connectivity index is 0.000000221. The van der Waals surface area contributed by atoms with Crippen LogP contribution in [-0.2, 0) is 23.9 Å². The van der Waals surface area contributed by atoms with Crippen LogP contribution < -0.4 is 20.5 Å². The van der Waals surface area contributed by atoms with Crippen LogP contribution in [0, 0.1) is 13.8 Å². The van der Waals surface area contributed by atoms with Crippen LogP contribution in [0.3, 0.4) is 0 Å². The third kappa shape index (κ3) is 5.97. The lowest BCUT2D eigenvalue weighted by molar-refractivity contribution is -0.141. The molecule has 1 aromatic heterocycles. The van der Waals surface area contributed by atoms with Crippen molar-refractivity contribution in [1.82, 2.24) is 10.3 Å². The van der Waals surface area contributed by atoms with Gasteiger partial charge in [0.1, 0.15) is 5.69 Å². The van der Waals surface area contributed by atoms with E-state index < -0.39 is 17.8 Å². The minimum absolute atomic E-state index is 0.377. The van der Waals surface area contributed by atoms with Crippen LogP contribution >= 0.6 is 0 Å². The summed E-state index contributed by atoms with van der Waals surface area (Å²) in [4.78, 5) is 13.5. The molecule has 9 heteroatoms. The number of alkyl halides is 3. The van der Waals surface area contributed by atoms with Gasteiger partial charge in [0.05, 0.1) is 14.2 Å². The first kappa shape index (κ1) is 24.2. The predicted octanol–water partition coefficient (Wildman–Crippen LogP) is 3.57. The Kier molecular flexibility index (Phi) is 8.04. The van der Waals surface area contributed by atoms with E-state index in [-0.39, 0.29) is 0 Å². The van der Waals surface area contributed by atoms with Gasteiger partial charge in [0.25, 0.3) is 0 Å². The lowest BCUT2D eigenvalue weighted by Crippen LogP contribution is -2.25. The Hall–Kier alpha value is -3.07. The van der Waals surface area contributed by atoms with Crippen LogP contribution in [0.5, 0.6) is 11.5 Å². The zero-order valence-electron chi connectivity index (χ0n) is 17.9. The molecular weight excluding hydrogens is 411 g/mol. The van der Waals surface area contributed by atoms with E-state index in [1.54, 1.807) is 14.2 Å². The maximum Gasteiger partial charge on any atom is 0.433 e. The van der Waals surface area contributed by atoms with Crippen LogP contribution in [0.4, 0.5) is 13.2 Å². The van der Waals surface area contributed by atoms with Gasteiger partial charge in [0, 0.05) is 18.8 Å². The van der Waals surface area contributed by atoms with E-state index in [0.29, 0.717) is 5.56 Å². The van der Waals surface area contributed by atoms with E-state index in [2.05, 4.69) is 24.1 Å². The standard InChI is InChI=1S/C13H19NO2.C9H7F3N2O/c1-8-10-5-6-14-7-11(10)9(2)13(16-4)12(8)15-3;10-9(11,12)7-3-1-6(5-14-7)2-4-8(13)15/h14H,5-7H2,1-4H3;1-5H,(H2,13,15)/b;4-2+. The first-order chi connectivity index (χ1) is 14.6. The number of nitrogens with two attached hydrogens (primary N) is 1. The van der Waals surface area contributed by atoms with Crippen LogP contribution in [-0.4, -0.2) is 31.7 Å². The summed E-state index contributed by atoms with van der Waals surface area (Å²) < 4.78 is 47.2. The fourth-order valence-electron chi connectivity index (χ4n) is 3.41. The lowest BCUT2D eigenvalue weighted by Gasteiger charge is -2.25. The number of carbonyl (C=O) groups excluding carboxylic acids is 1. The number of aromatic nitrogens is 1. The minimum atomic E-state index is -4.45. The number of ether oxygens (including phenoxy) is 2. The van der Waals surface area contributed by atoms with Gasteiger partial charge in [-0.25, -0.2) is 0 Å². The van der Waals surface area contributed by atoms with Gasteiger partial charge < -0.3 is 20.5 Å². The third-order valence-electron chi connectivity index (χ3n) is 4.94. The second-order valence-electron chi connectivity index (χ2n) is 6.91. The van der Waals surface area contributed by atoms with Crippen molar-refractivity contribution in [3.05, 3.63) is 57.9 Å². The molecule has 2 aromatic rings. The number of nitrogens with zero attached hydrogens (tertiary/aromatic N) is 1. The highest BCUT2D eigenvalue weighted by atomic mass is 19.4. The molecule has 6 nitrogen and oxygen atoms in total. The summed E-state index contributed by atoms with van der Waals surface area (Å²) in [5, 5.41) is 3.40. The summed E-state index contributed by atoms with van der Waals surface area (Å²) >= 11 is 0. The van der Waals surface area contributed by atoms with Gasteiger partial charge in [-0.3, -0.25) is 9.78 Å². The number of nitrogens with one attached hydrogen (secondary N) is 1. The fourth-order valence-corrected chi connectivity index (χ4v) is 3.41. The average molecular weight is 437 g/mol. The number of primary amides is 1. The summed E-state index contributed by atoms with van der Waals surface area (Å²) in [5.74, 6) is 1.10. The van der Waals surface area contributed by atoms with Gasteiger partial charge in [-0.15, -0.1) is 0 Å². The summed E-state index contributed by atoms with van der Waals surface area (Å²) in [5.41, 5.74) is 9.44. The van der Waals surface area contributed by atoms with E-state index >= 15 is 0 Å². The zero-order chi connectivity index (χ0) is 23.2. The normalized spacial score (nSPS) is 13.3. The third-order valence-corrected chi connectivity index (χ3v) is 4.94. The van der Waals surface area contributed by atoms with Crippen molar-refractivity contribution >= 4 is 12.0 Å². The molecule has 0 bridgehead atoms. The number of fused-ring (bicyclic) bond motifs is 1. The van der Waals surface area contributed by atoms with E-state index in [1.807, 2.05) is 0 Å². The van der Waals surface area contributed by atoms with Gasteiger partial charge in [0.2, 0.25) is 5.91 Å². The highest BCUT2D eigenvalue weighted by Crippen LogP contribution is 2.40. The minimum Gasteiger partial charge on any atom is -0.493 e. The molecule has 2 heterocycles. The zero-order valence-corrected chi connectivity index (χ0v) is 17.9. The van der Waals surface area contributed by atoms with E-state index in [1.165, 1.54) is 34.4 Å². The first-order valence-electron chi connectivity index (χ1n) is 9.54. The Morgan fingerprint density at radius 2 is 1.74 bits per heavy atom. The van der Waals surface area contributed by atoms with Crippen molar-refractivity contribution in [3.8, 4) is 11.5 Å². The number of methoxy groups -OCH3 is 2. The van der Waals surface area contributed by atoms with Crippen molar-refractivity contribution in [3.63, 3.8) is 0 Å². The van der Waals surface area contributed by atoms with E-state index in [0.717, 1.165) is 49.3 Å². The van der Waals surface area contributed by atoms with Crippen LogP contribution in [0.25, 0.3) is 6.08 Å². The average Bonchev–Trinajstić information content (AvgIpc) is 2.74. The molecule has 3 rings (SSSR count). The molecule has 0 spiro atoms. The molecular formula is C22H26F3N3O3. The number of benzene rings is 1. The summed E-state index contributed by atoms with van der Waals surface area (Å²) in [7, 11) is 3.41. The number of pyridine rings is 1. The molecule has 0 aliphatic carbocycles. The molecule has 0 atom stereocenters. The molecule has 1 aromatic carbocycles. The molecule has 31 heavy (non-hydrogen) atoms. The van der Waals surface area contributed by atoms with Gasteiger partial charge in [-0.1, -0.05) is 6.07 Å². The molecule has 1 aliphatic rings.